The number of benzene rings is 2. The first-order valence-corrected chi connectivity index (χ1v) is 14.7. The van der Waals surface area contributed by atoms with Gasteiger partial charge in [-0.25, -0.2) is 4.79 Å². The van der Waals surface area contributed by atoms with Crippen molar-refractivity contribution in [2.75, 3.05) is 18.0 Å². The van der Waals surface area contributed by atoms with Crippen LogP contribution in [0.3, 0.4) is 0 Å². The summed E-state index contributed by atoms with van der Waals surface area (Å²) in [5.41, 5.74) is 4.37. The van der Waals surface area contributed by atoms with Gasteiger partial charge in [0.15, 0.2) is 0 Å². The molecule has 0 aromatic heterocycles. The molecule has 0 bridgehead atoms. The molecule has 0 radical (unpaired) electrons. The highest BCUT2D eigenvalue weighted by Crippen LogP contribution is 2.40. The minimum atomic E-state index is -0.682. The van der Waals surface area contributed by atoms with E-state index >= 15 is 0 Å². The largest absolute Gasteiger partial charge is 0.486 e. The number of ether oxygens (including phenoxy) is 1. The van der Waals surface area contributed by atoms with E-state index in [9.17, 15) is 9.59 Å². The Morgan fingerprint density at radius 1 is 0.947 bits per heavy atom. The molecule has 2 aromatic rings. The second-order valence-electron chi connectivity index (χ2n) is 11.0. The maximum atomic E-state index is 13.1. The third-order valence-corrected chi connectivity index (χ3v) is 8.21. The number of amides is 2. The lowest BCUT2D eigenvalue weighted by Crippen LogP contribution is -2.48. The summed E-state index contributed by atoms with van der Waals surface area (Å²) in [5, 5.41) is 12.2. The lowest BCUT2D eigenvalue weighted by Gasteiger charge is -2.35. The van der Waals surface area contributed by atoms with Crippen LogP contribution in [0, 0.1) is 5.92 Å². The average molecular weight is 521 g/mol. The minimum Gasteiger partial charge on any atom is -0.486 e. The van der Waals surface area contributed by atoms with Gasteiger partial charge in [0.2, 0.25) is 0 Å². The van der Waals surface area contributed by atoms with Crippen molar-refractivity contribution in [3.8, 4) is 16.9 Å². The van der Waals surface area contributed by atoms with Gasteiger partial charge in [-0.15, -0.1) is 0 Å². The number of nitrogens with zero attached hydrogens (tertiary/aromatic N) is 1. The molecule has 0 spiro atoms. The van der Waals surface area contributed by atoms with Crippen molar-refractivity contribution in [1.82, 2.24) is 5.32 Å². The van der Waals surface area contributed by atoms with E-state index in [0.717, 1.165) is 67.5 Å². The number of anilines is 1. The number of nitrogens with one attached hydrogen (secondary N) is 1. The van der Waals surface area contributed by atoms with Crippen LogP contribution >= 0.6 is 0 Å². The topological polar surface area (TPSA) is 78.9 Å². The predicted octanol–water partition coefficient (Wildman–Crippen LogP) is 7.76. The fourth-order valence-electron chi connectivity index (χ4n) is 5.85. The van der Waals surface area contributed by atoms with Gasteiger partial charge < -0.3 is 15.2 Å². The van der Waals surface area contributed by atoms with Gasteiger partial charge in [-0.1, -0.05) is 69.9 Å². The first kappa shape index (κ1) is 28.0. The molecular formula is C32H44N2O4. The highest BCUT2D eigenvalue weighted by atomic mass is 16.5. The number of unbranched alkanes of at least 4 members (excludes halogenated alkanes) is 4. The lowest BCUT2D eigenvalue weighted by atomic mass is 9.77. The Kier molecular flexibility index (Phi) is 10.1. The molecule has 1 saturated carbocycles. The van der Waals surface area contributed by atoms with E-state index in [4.69, 9.17) is 9.84 Å². The Labute approximate surface area is 227 Å². The minimum absolute atomic E-state index is 0.0216. The van der Waals surface area contributed by atoms with Crippen molar-refractivity contribution in [2.45, 2.75) is 96.5 Å². The van der Waals surface area contributed by atoms with E-state index in [-0.39, 0.29) is 12.1 Å². The van der Waals surface area contributed by atoms with Crippen molar-refractivity contribution in [2.24, 2.45) is 5.92 Å². The van der Waals surface area contributed by atoms with Gasteiger partial charge in [-0.2, -0.15) is 0 Å². The molecule has 38 heavy (non-hydrogen) atoms. The highest BCUT2D eigenvalue weighted by Gasteiger charge is 2.29. The number of carboxylic acid groups (broad SMARTS) is 1. The van der Waals surface area contributed by atoms with Crippen molar-refractivity contribution in [3.05, 3.63) is 48.0 Å². The van der Waals surface area contributed by atoms with Crippen molar-refractivity contribution in [3.63, 3.8) is 0 Å². The number of hydrogen-bond donors (Lipinski definition) is 2. The summed E-state index contributed by atoms with van der Waals surface area (Å²) in [6.07, 6.45) is 11.1. The van der Waals surface area contributed by atoms with Crippen LogP contribution in [0.5, 0.6) is 5.75 Å². The summed E-state index contributed by atoms with van der Waals surface area (Å²) in [4.78, 5) is 25.9. The van der Waals surface area contributed by atoms with Crippen LogP contribution in [0.25, 0.3) is 11.1 Å². The smallest absolute Gasteiger partial charge is 0.322 e. The van der Waals surface area contributed by atoms with Crippen LogP contribution in [0.2, 0.25) is 0 Å². The molecule has 0 saturated heterocycles. The molecular weight excluding hydrogens is 476 g/mol. The summed E-state index contributed by atoms with van der Waals surface area (Å²) in [7, 11) is 0. The first-order chi connectivity index (χ1) is 18.5. The Balaban J connectivity index is 1.40. The summed E-state index contributed by atoms with van der Waals surface area (Å²) in [5.74, 6) is 0.904. The molecule has 1 unspecified atom stereocenters. The van der Waals surface area contributed by atoms with E-state index < -0.39 is 5.97 Å². The Hall–Kier alpha value is -3.02. The quantitative estimate of drug-likeness (QED) is 0.297. The van der Waals surface area contributed by atoms with Gasteiger partial charge >= 0.3 is 12.0 Å². The monoisotopic (exact) mass is 520 g/mol. The fraction of sp³-hybridized carbons (Fsp3) is 0.562. The molecule has 1 heterocycles. The number of urea groups is 1. The summed E-state index contributed by atoms with van der Waals surface area (Å²) in [6, 6.07) is 14.9. The zero-order valence-corrected chi connectivity index (χ0v) is 23.1. The third-order valence-electron chi connectivity index (χ3n) is 8.21. The van der Waals surface area contributed by atoms with Gasteiger partial charge in [-0.3, -0.25) is 9.69 Å². The number of hydrogen-bond acceptors (Lipinski definition) is 3. The van der Waals surface area contributed by atoms with Crippen LogP contribution < -0.4 is 15.0 Å². The van der Waals surface area contributed by atoms with Gasteiger partial charge in [0.1, 0.15) is 11.9 Å². The molecule has 1 fully saturated rings. The van der Waals surface area contributed by atoms with Crippen molar-refractivity contribution >= 4 is 17.7 Å². The van der Waals surface area contributed by atoms with Crippen molar-refractivity contribution < 1.29 is 19.4 Å². The number of carbonyl (C=O) groups excluding carboxylic acids is 1. The van der Waals surface area contributed by atoms with E-state index in [0.29, 0.717) is 31.3 Å². The van der Waals surface area contributed by atoms with E-state index in [1.165, 1.54) is 24.8 Å². The summed E-state index contributed by atoms with van der Waals surface area (Å²) < 4.78 is 6.29. The highest BCUT2D eigenvalue weighted by molar-refractivity contribution is 5.94. The van der Waals surface area contributed by atoms with Crippen LogP contribution in [-0.2, 0) is 4.79 Å². The van der Waals surface area contributed by atoms with Crippen molar-refractivity contribution in [1.29, 1.82) is 0 Å². The number of carbonyl (C=O) groups is 2. The zero-order chi connectivity index (χ0) is 26.9. The average Bonchev–Trinajstić information content (AvgIpc) is 2.94. The van der Waals surface area contributed by atoms with Gasteiger partial charge in [-0.05, 0) is 79.2 Å². The first-order valence-electron chi connectivity index (χ1n) is 14.7. The van der Waals surface area contributed by atoms with Crippen LogP contribution in [-0.4, -0.2) is 36.3 Å². The van der Waals surface area contributed by atoms with E-state index in [2.05, 4.69) is 55.6 Å². The maximum absolute atomic E-state index is 13.1. The molecule has 2 N–H and O–H groups in total. The lowest BCUT2D eigenvalue weighted by molar-refractivity contribution is -0.138. The summed E-state index contributed by atoms with van der Waals surface area (Å²) >= 11 is 0. The molecule has 1 atom stereocenters. The summed E-state index contributed by atoms with van der Waals surface area (Å²) in [6.45, 7) is 5.57. The molecule has 1 aliphatic carbocycles. The molecule has 1 aliphatic heterocycles. The Bertz CT molecular complexity index is 1060. The predicted molar refractivity (Wildman–Crippen MR) is 153 cm³/mol. The molecule has 2 aliphatic rings. The fourth-order valence-corrected chi connectivity index (χ4v) is 5.85. The maximum Gasteiger partial charge on any atom is 0.322 e. The number of rotatable bonds is 11. The molecule has 6 heteroatoms. The number of fused-ring (bicyclic) bond motifs is 1. The van der Waals surface area contributed by atoms with E-state index in [1.54, 1.807) is 0 Å². The molecule has 206 valence electrons. The van der Waals surface area contributed by atoms with Gasteiger partial charge in [0.25, 0.3) is 0 Å². The zero-order valence-electron chi connectivity index (χ0n) is 23.1. The molecule has 2 aromatic carbocycles. The van der Waals surface area contributed by atoms with Crippen LogP contribution in [0.4, 0.5) is 10.5 Å². The van der Waals surface area contributed by atoms with Gasteiger partial charge in [0.05, 0.1) is 12.2 Å². The Morgan fingerprint density at radius 3 is 2.34 bits per heavy atom. The number of aliphatic carboxylic acids is 1. The Morgan fingerprint density at radius 2 is 1.66 bits per heavy atom. The molecule has 6 nitrogen and oxygen atoms in total. The van der Waals surface area contributed by atoms with E-state index in [1.807, 2.05) is 11.0 Å². The standard InChI is InChI=1S/C32H44N2O4/c1-3-5-6-7-8-19-33-32(37)34-22-28(4-2)38-30-21-27(17-18-29(30)34)26-15-13-25(14-16-26)24-11-9-23(10-12-24)20-31(35)36/h13-18,21,23-24,28H,3-12,19-20,22H2,1-2H3,(H,33,37)(H,35,36). The SMILES string of the molecule is CCCCCCCNC(=O)N1CC(CC)Oc2cc(-c3ccc(C4CCC(CC(=O)O)CC4)cc3)ccc21. The third kappa shape index (κ3) is 7.30. The van der Waals surface area contributed by atoms with Crippen LogP contribution in [0.1, 0.15) is 96.0 Å². The second kappa shape index (κ2) is 13.7. The van der Waals surface area contributed by atoms with Crippen LogP contribution in [0.15, 0.2) is 42.5 Å². The molecule has 4 rings (SSSR count). The molecule has 2 amide bonds. The number of carboxylic acids is 1. The normalized spacial score (nSPS) is 20.9. The second-order valence-corrected chi connectivity index (χ2v) is 11.0. The van der Waals surface area contributed by atoms with Gasteiger partial charge in [0, 0.05) is 13.0 Å².